The molecular weight excluding hydrogens is 350 g/mol. The quantitative estimate of drug-likeness (QED) is 0.838. The zero-order valence-corrected chi connectivity index (χ0v) is 16.3. The van der Waals surface area contributed by atoms with Crippen molar-refractivity contribution in [2.45, 2.75) is 25.3 Å². The average Bonchev–Trinajstić information content (AvgIpc) is 2.88. The Hall–Kier alpha value is -1.96. The fourth-order valence-electron chi connectivity index (χ4n) is 3.27. The summed E-state index contributed by atoms with van der Waals surface area (Å²) in [5.74, 6) is 2.21. The number of amides is 2. The Bertz CT molecular complexity index is 637. The van der Waals surface area contributed by atoms with Crippen LogP contribution in [-0.4, -0.2) is 78.0 Å². The summed E-state index contributed by atoms with van der Waals surface area (Å²) in [4.78, 5) is 34.2. The second-order valence-electron chi connectivity index (χ2n) is 7.02. The van der Waals surface area contributed by atoms with Gasteiger partial charge in [-0.05, 0) is 31.4 Å². The van der Waals surface area contributed by atoms with Crippen molar-refractivity contribution >= 4 is 35.1 Å². The van der Waals surface area contributed by atoms with Crippen molar-refractivity contribution in [1.29, 1.82) is 0 Å². The van der Waals surface area contributed by atoms with Crippen molar-refractivity contribution in [3.05, 3.63) is 18.3 Å². The highest BCUT2D eigenvalue weighted by atomic mass is 32.2. The van der Waals surface area contributed by atoms with Crippen LogP contribution in [-0.2, 0) is 9.59 Å². The molecule has 0 radical (unpaired) electrons. The molecule has 0 aliphatic carbocycles. The number of carbonyl (C=O) groups is 2. The number of hydrogen-bond donors (Lipinski definition) is 1. The van der Waals surface area contributed by atoms with Crippen molar-refractivity contribution in [1.82, 2.24) is 14.8 Å². The molecule has 8 heteroatoms. The zero-order valence-electron chi connectivity index (χ0n) is 15.5. The van der Waals surface area contributed by atoms with Gasteiger partial charge >= 0.3 is 0 Å². The SMILES string of the molecule is CN(C)c1ccc(N[C@H]2CCCN(C(=O)CN3CSCC3=O)CC2)cn1. The molecule has 2 aliphatic heterocycles. The molecule has 7 nitrogen and oxygen atoms in total. The summed E-state index contributed by atoms with van der Waals surface area (Å²) in [5.41, 5.74) is 1.01. The molecule has 26 heavy (non-hydrogen) atoms. The van der Waals surface area contributed by atoms with Gasteiger partial charge < -0.3 is 20.0 Å². The third-order valence-corrected chi connectivity index (χ3v) is 5.75. The molecule has 2 amide bonds. The van der Waals surface area contributed by atoms with Crippen LogP contribution in [0, 0.1) is 0 Å². The number of thioether (sulfide) groups is 1. The molecule has 1 atom stereocenters. The Balaban J connectivity index is 1.49. The Morgan fingerprint density at radius 1 is 1.35 bits per heavy atom. The molecular formula is C18H27N5O2S. The average molecular weight is 378 g/mol. The Morgan fingerprint density at radius 2 is 2.19 bits per heavy atom. The summed E-state index contributed by atoms with van der Waals surface area (Å²) in [6, 6.07) is 4.39. The molecule has 0 bridgehead atoms. The van der Waals surface area contributed by atoms with Crippen LogP contribution in [0.3, 0.4) is 0 Å². The van der Waals surface area contributed by atoms with E-state index in [4.69, 9.17) is 0 Å². The van der Waals surface area contributed by atoms with E-state index in [1.165, 1.54) is 0 Å². The number of carbonyl (C=O) groups excluding carboxylic acids is 2. The number of nitrogens with zero attached hydrogens (tertiary/aromatic N) is 4. The molecule has 2 saturated heterocycles. The molecule has 1 N–H and O–H groups in total. The molecule has 0 spiro atoms. The van der Waals surface area contributed by atoms with Gasteiger partial charge in [-0.1, -0.05) is 0 Å². The van der Waals surface area contributed by atoms with Gasteiger partial charge in [0.2, 0.25) is 11.8 Å². The molecule has 0 aromatic carbocycles. The third-order valence-electron chi connectivity index (χ3n) is 4.81. The second-order valence-corrected chi connectivity index (χ2v) is 7.98. The number of rotatable bonds is 5. The van der Waals surface area contributed by atoms with Gasteiger partial charge in [0.1, 0.15) is 12.4 Å². The first kappa shape index (κ1) is 18.8. The summed E-state index contributed by atoms with van der Waals surface area (Å²) >= 11 is 1.57. The third kappa shape index (κ3) is 4.81. The Labute approximate surface area is 159 Å². The van der Waals surface area contributed by atoms with Gasteiger partial charge in [-0.15, -0.1) is 11.8 Å². The van der Waals surface area contributed by atoms with Crippen LogP contribution in [0.2, 0.25) is 0 Å². The molecule has 1 aromatic rings. The summed E-state index contributed by atoms with van der Waals surface area (Å²) in [6.45, 7) is 1.72. The van der Waals surface area contributed by atoms with E-state index in [2.05, 4.69) is 10.3 Å². The van der Waals surface area contributed by atoms with Crippen molar-refractivity contribution in [2.24, 2.45) is 0 Å². The Morgan fingerprint density at radius 3 is 2.85 bits per heavy atom. The van der Waals surface area contributed by atoms with E-state index < -0.39 is 0 Å². The number of hydrogen-bond acceptors (Lipinski definition) is 6. The fourth-order valence-corrected chi connectivity index (χ4v) is 4.17. The summed E-state index contributed by atoms with van der Waals surface area (Å²) < 4.78 is 0. The number of aromatic nitrogens is 1. The zero-order chi connectivity index (χ0) is 18.5. The first-order chi connectivity index (χ1) is 12.5. The summed E-state index contributed by atoms with van der Waals surface area (Å²) in [7, 11) is 3.95. The van der Waals surface area contributed by atoms with Gasteiger partial charge in [-0.2, -0.15) is 0 Å². The van der Waals surface area contributed by atoms with E-state index in [-0.39, 0.29) is 18.4 Å². The highest BCUT2D eigenvalue weighted by Crippen LogP contribution is 2.19. The van der Waals surface area contributed by atoms with Crippen LogP contribution in [0.1, 0.15) is 19.3 Å². The first-order valence-corrected chi connectivity index (χ1v) is 10.2. The normalized spacial score (nSPS) is 20.8. The second kappa shape index (κ2) is 8.62. The van der Waals surface area contributed by atoms with Gasteiger partial charge in [-0.25, -0.2) is 4.98 Å². The Kier molecular flexibility index (Phi) is 6.24. The lowest BCUT2D eigenvalue weighted by atomic mass is 10.1. The summed E-state index contributed by atoms with van der Waals surface area (Å²) in [6.07, 6.45) is 4.76. The van der Waals surface area contributed by atoms with Gasteiger partial charge in [0, 0.05) is 33.2 Å². The van der Waals surface area contributed by atoms with E-state index in [1.807, 2.05) is 42.2 Å². The van der Waals surface area contributed by atoms with Gasteiger partial charge in [-0.3, -0.25) is 9.59 Å². The lowest BCUT2D eigenvalue weighted by molar-refractivity contribution is -0.137. The van der Waals surface area contributed by atoms with Gasteiger partial charge in [0.15, 0.2) is 0 Å². The fraction of sp³-hybridized carbons (Fsp3) is 0.611. The van der Waals surface area contributed by atoms with Gasteiger partial charge in [0.05, 0.1) is 23.5 Å². The highest BCUT2D eigenvalue weighted by molar-refractivity contribution is 8.00. The maximum absolute atomic E-state index is 12.5. The molecule has 3 rings (SSSR count). The molecule has 2 aliphatic rings. The minimum atomic E-state index is 0.0681. The standard InChI is InChI=1S/C18H27N5O2S/c1-21(2)16-6-5-15(10-19-16)20-14-4-3-8-22(9-7-14)17(24)11-23-13-26-12-18(23)25/h5-6,10,14,20H,3-4,7-9,11-13H2,1-2H3/t14-/m0/s1. The minimum Gasteiger partial charge on any atom is -0.381 e. The first-order valence-electron chi connectivity index (χ1n) is 9.06. The molecule has 1 aromatic heterocycles. The smallest absolute Gasteiger partial charge is 0.242 e. The van der Waals surface area contributed by atoms with Crippen LogP contribution >= 0.6 is 11.8 Å². The van der Waals surface area contributed by atoms with Crippen LogP contribution in [0.25, 0.3) is 0 Å². The van der Waals surface area contributed by atoms with Crippen molar-refractivity contribution in [3.8, 4) is 0 Å². The lowest BCUT2D eigenvalue weighted by Crippen LogP contribution is -2.41. The number of anilines is 2. The predicted molar refractivity (Wildman–Crippen MR) is 105 cm³/mol. The molecule has 142 valence electrons. The summed E-state index contributed by atoms with van der Waals surface area (Å²) in [5, 5.41) is 3.54. The van der Waals surface area contributed by atoms with E-state index in [0.29, 0.717) is 17.7 Å². The van der Waals surface area contributed by atoms with Crippen LogP contribution in [0.4, 0.5) is 11.5 Å². The van der Waals surface area contributed by atoms with Crippen molar-refractivity contribution < 1.29 is 9.59 Å². The van der Waals surface area contributed by atoms with E-state index in [9.17, 15) is 9.59 Å². The number of pyridine rings is 1. The van der Waals surface area contributed by atoms with Crippen molar-refractivity contribution in [3.63, 3.8) is 0 Å². The number of likely N-dealkylation sites (tertiary alicyclic amines) is 1. The van der Waals surface area contributed by atoms with E-state index in [0.717, 1.165) is 43.9 Å². The van der Waals surface area contributed by atoms with Crippen molar-refractivity contribution in [2.75, 3.05) is 55.6 Å². The van der Waals surface area contributed by atoms with Gasteiger partial charge in [0.25, 0.3) is 0 Å². The monoisotopic (exact) mass is 377 g/mol. The van der Waals surface area contributed by atoms with Crippen LogP contribution in [0.15, 0.2) is 18.3 Å². The maximum atomic E-state index is 12.5. The predicted octanol–water partition coefficient (Wildman–Crippen LogP) is 1.47. The molecule has 0 saturated carbocycles. The van der Waals surface area contributed by atoms with Crippen LogP contribution in [0.5, 0.6) is 0 Å². The maximum Gasteiger partial charge on any atom is 0.242 e. The lowest BCUT2D eigenvalue weighted by Gasteiger charge is -2.24. The van der Waals surface area contributed by atoms with E-state index in [1.54, 1.807) is 16.7 Å². The minimum absolute atomic E-state index is 0.0681. The molecule has 3 heterocycles. The molecule has 0 unspecified atom stereocenters. The highest BCUT2D eigenvalue weighted by Gasteiger charge is 2.26. The topological polar surface area (TPSA) is 68.8 Å². The molecule has 2 fully saturated rings. The largest absolute Gasteiger partial charge is 0.381 e. The van der Waals surface area contributed by atoms with E-state index >= 15 is 0 Å². The van der Waals surface area contributed by atoms with Crippen LogP contribution < -0.4 is 10.2 Å². The number of nitrogens with one attached hydrogen (secondary N) is 1.